The molecule has 2 heterocycles. The van der Waals surface area contributed by atoms with Crippen LogP contribution >= 0.6 is 11.8 Å². The summed E-state index contributed by atoms with van der Waals surface area (Å²) in [5, 5.41) is 11.9. The standard InChI is InChI=1S/C17H20N2O4S/c1-9-7-5-6-8-10(9)12(20)18-17(4)14(23)19-11(13(21)22)16(2,3)24-15(17)19/h5-8,11,15H,1-4H3,(H,18,20)(H,21,22)/t11-,15+,17?/m0/s1. The summed E-state index contributed by atoms with van der Waals surface area (Å²) in [4.78, 5) is 38.2. The molecule has 3 atom stereocenters. The number of nitrogens with zero attached hydrogens (tertiary/aromatic N) is 1. The number of carboxylic acids is 1. The summed E-state index contributed by atoms with van der Waals surface area (Å²) in [5.41, 5.74) is 0.248. The average Bonchev–Trinajstić information content (AvgIpc) is 2.77. The molecule has 2 N–H and O–H groups in total. The van der Waals surface area contributed by atoms with Crippen molar-refractivity contribution in [2.75, 3.05) is 0 Å². The lowest BCUT2D eigenvalue weighted by Gasteiger charge is -2.51. The Kier molecular flexibility index (Phi) is 3.67. The second-order valence-electron chi connectivity index (χ2n) is 7.00. The number of hydrogen-bond donors (Lipinski definition) is 2. The van der Waals surface area contributed by atoms with Gasteiger partial charge in [0.15, 0.2) is 0 Å². The molecule has 1 unspecified atom stereocenters. The number of amides is 2. The first-order chi connectivity index (χ1) is 11.1. The Balaban J connectivity index is 1.86. The van der Waals surface area contributed by atoms with Gasteiger partial charge in [-0.25, -0.2) is 4.79 Å². The molecule has 3 rings (SSSR count). The SMILES string of the molecule is Cc1ccccc1C(=O)NC1(C)C(=O)N2[C@@H](C(=O)O)C(C)(C)S[C@@H]21. The fourth-order valence-corrected chi connectivity index (χ4v) is 5.11. The number of β-lactam (4-membered cyclic amide) rings is 1. The van der Waals surface area contributed by atoms with Crippen LogP contribution in [-0.2, 0) is 9.59 Å². The van der Waals surface area contributed by atoms with Crippen molar-refractivity contribution in [3.8, 4) is 0 Å². The van der Waals surface area contributed by atoms with Crippen LogP contribution in [0.1, 0.15) is 36.7 Å². The van der Waals surface area contributed by atoms with Crippen LogP contribution in [0.25, 0.3) is 0 Å². The topological polar surface area (TPSA) is 86.7 Å². The van der Waals surface area contributed by atoms with Gasteiger partial charge in [0.1, 0.15) is 17.0 Å². The molecule has 0 bridgehead atoms. The maximum Gasteiger partial charge on any atom is 0.327 e. The molecule has 128 valence electrons. The highest BCUT2D eigenvalue weighted by Gasteiger charge is 2.70. The number of carbonyl (C=O) groups excluding carboxylic acids is 2. The van der Waals surface area contributed by atoms with Crippen molar-refractivity contribution in [2.24, 2.45) is 0 Å². The van der Waals surface area contributed by atoms with Gasteiger partial charge in [-0.05, 0) is 39.3 Å². The van der Waals surface area contributed by atoms with Gasteiger partial charge in [0, 0.05) is 10.3 Å². The van der Waals surface area contributed by atoms with Gasteiger partial charge >= 0.3 is 5.97 Å². The summed E-state index contributed by atoms with van der Waals surface area (Å²) in [7, 11) is 0. The maximum absolute atomic E-state index is 12.7. The van der Waals surface area contributed by atoms with Gasteiger partial charge < -0.3 is 15.3 Å². The summed E-state index contributed by atoms with van der Waals surface area (Å²) in [6, 6.07) is 6.27. The summed E-state index contributed by atoms with van der Waals surface area (Å²) < 4.78 is -0.614. The van der Waals surface area contributed by atoms with Crippen LogP contribution in [0.3, 0.4) is 0 Å². The van der Waals surface area contributed by atoms with Crippen molar-refractivity contribution >= 4 is 29.5 Å². The first-order valence-electron chi connectivity index (χ1n) is 7.71. The lowest BCUT2D eigenvalue weighted by Crippen LogP contribution is -2.78. The predicted molar refractivity (Wildman–Crippen MR) is 90.8 cm³/mol. The van der Waals surface area contributed by atoms with E-state index in [2.05, 4.69) is 5.32 Å². The van der Waals surface area contributed by atoms with E-state index in [-0.39, 0.29) is 17.2 Å². The molecule has 2 aliphatic rings. The number of benzene rings is 1. The van der Waals surface area contributed by atoms with Crippen molar-refractivity contribution in [2.45, 2.75) is 49.4 Å². The highest BCUT2D eigenvalue weighted by molar-refractivity contribution is 8.01. The number of fused-ring (bicyclic) bond motifs is 1. The molecule has 0 aromatic heterocycles. The van der Waals surface area contributed by atoms with Gasteiger partial charge in [-0.3, -0.25) is 9.59 Å². The van der Waals surface area contributed by atoms with Crippen molar-refractivity contribution in [1.82, 2.24) is 10.2 Å². The average molecular weight is 348 g/mol. The Morgan fingerprint density at radius 1 is 1.25 bits per heavy atom. The van der Waals surface area contributed by atoms with E-state index in [1.807, 2.05) is 32.9 Å². The highest BCUT2D eigenvalue weighted by atomic mass is 32.2. The number of carbonyl (C=O) groups is 3. The molecule has 2 aliphatic heterocycles. The van der Waals surface area contributed by atoms with Crippen LogP contribution in [0.2, 0.25) is 0 Å². The number of nitrogens with one attached hydrogen (secondary N) is 1. The third kappa shape index (κ3) is 2.22. The van der Waals surface area contributed by atoms with Crippen molar-refractivity contribution in [3.63, 3.8) is 0 Å². The number of carboxylic acid groups (broad SMARTS) is 1. The molecule has 0 aliphatic carbocycles. The Labute approximate surface area is 144 Å². The molecule has 24 heavy (non-hydrogen) atoms. The van der Waals surface area contributed by atoms with E-state index in [1.54, 1.807) is 19.1 Å². The molecule has 0 saturated carbocycles. The zero-order valence-electron chi connectivity index (χ0n) is 14.0. The van der Waals surface area contributed by atoms with Gasteiger partial charge in [0.2, 0.25) is 0 Å². The van der Waals surface area contributed by atoms with Gasteiger partial charge in [-0.15, -0.1) is 11.8 Å². The van der Waals surface area contributed by atoms with Crippen LogP contribution in [0, 0.1) is 6.92 Å². The Bertz CT molecular complexity index is 748. The summed E-state index contributed by atoms with van der Waals surface area (Å²) in [6.07, 6.45) is 0. The number of aliphatic carboxylic acids is 1. The number of hydrogen-bond acceptors (Lipinski definition) is 4. The Hall–Kier alpha value is -2.02. The summed E-state index contributed by atoms with van der Waals surface area (Å²) in [6.45, 7) is 7.12. The van der Waals surface area contributed by atoms with E-state index >= 15 is 0 Å². The highest BCUT2D eigenvalue weighted by Crippen LogP contribution is 2.54. The van der Waals surface area contributed by atoms with Gasteiger partial charge in [-0.2, -0.15) is 0 Å². The molecule has 6 nitrogen and oxygen atoms in total. The third-order valence-electron chi connectivity index (χ3n) is 4.77. The van der Waals surface area contributed by atoms with E-state index in [0.29, 0.717) is 5.56 Å². The molecule has 2 fully saturated rings. The number of thioether (sulfide) groups is 1. The molecule has 0 radical (unpaired) electrons. The van der Waals surface area contributed by atoms with Crippen molar-refractivity contribution in [3.05, 3.63) is 35.4 Å². The van der Waals surface area contributed by atoms with E-state index in [4.69, 9.17) is 0 Å². The molecule has 0 spiro atoms. The quantitative estimate of drug-likeness (QED) is 0.811. The normalized spacial score (nSPS) is 30.5. The second-order valence-corrected chi connectivity index (χ2v) is 8.73. The van der Waals surface area contributed by atoms with Crippen molar-refractivity contribution in [1.29, 1.82) is 0 Å². The zero-order chi connectivity index (χ0) is 17.9. The van der Waals surface area contributed by atoms with Crippen LogP contribution in [0.15, 0.2) is 24.3 Å². The molecule has 2 amide bonds. The monoisotopic (exact) mass is 348 g/mol. The van der Waals surface area contributed by atoms with Crippen LogP contribution < -0.4 is 5.32 Å². The molecule has 1 aromatic rings. The van der Waals surface area contributed by atoms with E-state index < -0.39 is 22.3 Å². The fraction of sp³-hybridized carbons (Fsp3) is 0.471. The summed E-state index contributed by atoms with van der Waals surface area (Å²) >= 11 is 1.42. The summed E-state index contributed by atoms with van der Waals surface area (Å²) in [5.74, 6) is -1.68. The minimum absolute atomic E-state index is 0.319. The lowest BCUT2D eigenvalue weighted by atomic mass is 9.86. The fourth-order valence-electron chi connectivity index (χ4n) is 3.47. The first-order valence-corrected chi connectivity index (χ1v) is 8.59. The number of aryl methyl sites for hydroxylation is 1. The zero-order valence-corrected chi connectivity index (χ0v) is 14.8. The second kappa shape index (κ2) is 5.24. The van der Waals surface area contributed by atoms with Gasteiger partial charge in [0.25, 0.3) is 11.8 Å². The van der Waals surface area contributed by atoms with E-state index in [9.17, 15) is 19.5 Å². The number of rotatable bonds is 3. The lowest BCUT2D eigenvalue weighted by molar-refractivity contribution is -0.165. The molecule has 7 heteroatoms. The van der Waals surface area contributed by atoms with Crippen LogP contribution in [0.5, 0.6) is 0 Å². The van der Waals surface area contributed by atoms with E-state index in [1.165, 1.54) is 16.7 Å². The maximum atomic E-state index is 12.7. The van der Waals surface area contributed by atoms with Gasteiger partial charge in [-0.1, -0.05) is 18.2 Å². The first kappa shape index (κ1) is 16.8. The van der Waals surface area contributed by atoms with Crippen molar-refractivity contribution < 1.29 is 19.5 Å². The third-order valence-corrected chi connectivity index (χ3v) is 6.53. The molecule has 2 saturated heterocycles. The smallest absolute Gasteiger partial charge is 0.327 e. The largest absolute Gasteiger partial charge is 0.480 e. The minimum Gasteiger partial charge on any atom is -0.480 e. The minimum atomic E-state index is -1.09. The Morgan fingerprint density at radius 2 is 1.88 bits per heavy atom. The van der Waals surface area contributed by atoms with Crippen LogP contribution in [-0.4, -0.2) is 49.5 Å². The van der Waals surface area contributed by atoms with Crippen LogP contribution in [0.4, 0.5) is 0 Å². The Morgan fingerprint density at radius 3 is 2.46 bits per heavy atom. The predicted octanol–water partition coefficient (Wildman–Crippen LogP) is 1.63. The molecular formula is C17H20N2O4S. The molecular weight excluding hydrogens is 328 g/mol. The van der Waals surface area contributed by atoms with Gasteiger partial charge in [0.05, 0.1) is 0 Å². The molecule has 1 aromatic carbocycles. The van der Waals surface area contributed by atoms with E-state index in [0.717, 1.165) is 5.56 Å².